The van der Waals surface area contributed by atoms with Crippen molar-refractivity contribution in [2.24, 2.45) is 0 Å². The molecule has 0 aliphatic carbocycles. The van der Waals surface area contributed by atoms with E-state index in [1.54, 1.807) is 20.8 Å². The molecule has 0 aromatic heterocycles. The zero-order valence-electron chi connectivity index (χ0n) is 13.2. The van der Waals surface area contributed by atoms with Gasteiger partial charge < -0.3 is 19.1 Å². The van der Waals surface area contributed by atoms with Gasteiger partial charge in [-0.05, 0) is 27.2 Å². The summed E-state index contributed by atoms with van der Waals surface area (Å²) in [6.45, 7) is 8.65. The Balaban J connectivity index is 4.82. The van der Waals surface area contributed by atoms with E-state index in [1.165, 1.54) is 20.3 Å². The summed E-state index contributed by atoms with van der Waals surface area (Å²) in [4.78, 5) is 23.8. The van der Waals surface area contributed by atoms with Crippen LogP contribution in [0, 0.1) is 0 Å². The predicted octanol–water partition coefficient (Wildman–Crippen LogP) is 2.51. The molecule has 0 aliphatic heterocycles. The van der Waals surface area contributed by atoms with E-state index >= 15 is 0 Å². The van der Waals surface area contributed by atoms with Crippen molar-refractivity contribution < 1.29 is 27.9 Å². The summed E-state index contributed by atoms with van der Waals surface area (Å²) in [6.07, 6.45) is 0.497. The van der Waals surface area contributed by atoms with Crippen LogP contribution in [0.1, 0.15) is 27.2 Å². The lowest BCUT2D eigenvalue weighted by molar-refractivity contribution is -0.118. The first-order valence-electron chi connectivity index (χ1n) is 6.40. The molecule has 7 nitrogen and oxygen atoms in total. The summed E-state index contributed by atoms with van der Waals surface area (Å²) in [5, 5.41) is 2.43. The second-order valence-corrected chi connectivity index (χ2v) is 7.59. The highest BCUT2D eigenvalue weighted by atomic mass is 31.2. The van der Waals surface area contributed by atoms with Crippen molar-refractivity contribution in [3.63, 3.8) is 0 Å². The fourth-order valence-electron chi connectivity index (χ4n) is 1.39. The van der Waals surface area contributed by atoms with Crippen molar-refractivity contribution in [1.82, 2.24) is 5.32 Å². The Morgan fingerprint density at radius 2 is 1.81 bits per heavy atom. The van der Waals surface area contributed by atoms with Crippen LogP contribution in [0.5, 0.6) is 0 Å². The molecule has 0 aromatic carbocycles. The van der Waals surface area contributed by atoms with Gasteiger partial charge in [-0.1, -0.05) is 6.08 Å². The second kappa shape index (κ2) is 8.32. The van der Waals surface area contributed by atoms with Gasteiger partial charge in [0.15, 0.2) is 5.78 Å². The zero-order valence-corrected chi connectivity index (χ0v) is 14.1. The third kappa shape index (κ3) is 7.99. The number of hydrogen-bond acceptors (Lipinski definition) is 6. The van der Waals surface area contributed by atoms with Crippen LogP contribution in [0.3, 0.4) is 0 Å². The van der Waals surface area contributed by atoms with Crippen LogP contribution in [0.4, 0.5) is 4.79 Å². The first kappa shape index (κ1) is 19.8. The molecule has 21 heavy (non-hydrogen) atoms. The Bertz CT molecular complexity index is 421. The molecule has 1 unspecified atom stereocenters. The summed E-state index contributed by atoms with van der Waals surface area (Å²) < 4.78 is 26.5. The molecule has 8 heteroatoms. The minimum atomic E-state index is -3.48. The number of alkyl carbamates (subject to hydrolysis) is 1. The molecule has 0 saturated heterocycles. The van der Waals surface area contributed by atoms with Crippen molar-refractivity contribution in [1.29, 1.82) is 0 Å². The van der Waals surface area contributed by atoms with E-state index in [1.807, 2.05) is 0 Å². The fourth-order valence-corrected chi connectivity index (χ4v) is 2.40. The van der Waals surface area contributed by atoms with Gasteiger partial charge in [0.2, 0.25) is 0 Å². The first-order chi connectivity index (χ1) is 9.56. The number of carbonyl (C=O) groups is 2. The van der Waals surface area contributed by atoms with Gasteiger partial charge in [0.1, 0.15) is 11.8 Å². The van der Waals surface area contributed by atoms with E-state index in [0.29, 0.717) is 0 Å². The van der Waals surface area contributed by atoms with Gasteiger partial charge in [-0.15, -0.1) is 6.58 Å². The van der Waals surface area contributed by atoms with Gasteiger partial charge >= 0.3 is 13.7 Å². The van der Waals surface area contributed by atoms with E-state index in [4.69, 9.17) is 13.8 Å². The van der Waals surface area contributed by atoms with Crippen LogP contribution >= 0.6 is 7.60 Å². The maximum atomic E-state index is 12.1. The second-order valence-electron chi connectivity index (χ2n) is 5.32. The van der Waals surface area contributed by atoms with Crippen LogP contribution in [-0.2, 0) is 23.1 Å². The van der Waals surface area contributed by atoms with Crippen molar-refractivity contribution in [3.8, 4) is 0 Å². The van der Waals surface area contributed by atoms with Crippen molar-refractivity contribution in [2.45, 2.75) is 38.8 Å². The molecule has 1 N–H and O–H groups in total. The highest BCUT2D eigenvalue weighted by Gasteiger charge is 2.31. The quantitative estimate of drug-likeness (QED) is 0.545. The summed E-state index contributed by atoms with van der Waals surface area (Å²) in [5.41, 5.74) is -0.680. The van der Waals surface area contributed by atoms with E-state index in [2.05, 4.69) is 11.9 Å². The maximum Gasteiger partial charge on any atom is 0.408 e. The molecule has 0 fully saturated rings. The van der Waals surface area contributed by atoms with Crippen molar-refractivity contribution in [2.75, 3.05) is 20.4 Å². The van der Waals surface area contributed by atoms with E-state index in [9.17, 15) is 14.2 Å². The van der Waals surface area contributed by atoms with Crippen LogP contribution in [-0.4, -0.2) is 43.9 Å². The largest absolute Gasteiger partial charge is 0.444 e. The lowest BCUT2D eigenvalue weighted by atomic mass is 10.1. The Morgan fingerprint density at radius 1 is 1.29 bits per heavy atom. The Morgan fingerprint density at radius 3 is 2.19 bits per heavy atom. The van der Waals surface area contributed by atoms with Gasteiger partial charge in [-0.3, -0.25) is 9.36 Å². The Labute approximate surface area is 125 Å². The number of carbonyl (C=O) groups excluding carboxylic acids is 2. The summed E-state index contributed by atoms with van der Waals surface area (Å²) in [6, 6.07) is -0.893. The summed E-state index contributed by atoms with van der Waals surface area (Å²) >= 11 is 0. The minimum absolute atomic E-state index is 0.186. The molecule has 0 rings (SSSR count). The van der Waals surface area contributed by atoms with Crippen LogP contribution < -0.4 is 5.32 Å². The topological polar surface area (TPSA) is 90.9 Å². The molecule has 0 bridgehead atoms. The SMILES string of the molecule is C=CCC(NC(=O)OC(C)(C)C)C(=O)CP(=O)(OC)OC. The lowest BCUT2D eigenvalue weighted by Crippen LogP contribution is -2.44. The highest BCUT2D eigenvalue weighted by Crippen LogP contribution is 2.46. The summed E-state index contributed by atoms with van der Waals surface area (Å²) in [7, 11) is -1.08. The highest BCUT2D eigenvalue weighted by molar-refractivity contribution is 7.54. The molecule has 0 radical (unpaired) electrons. The smallest absolute Gasteiger partial charge is 0.408 e. The van der Waals surface area contributed by atoms with E-state index < -0.39 is 37.3 Å². The van der Waals surface area contributed by atoms with Gasteiger partial charge in [0.05, 0.1) is 6.04 Å². The number of amides is 1. The van der Waals surface area contributed by atoms with Gasteiger partial charge in [0, 0.05) is 14.2 Å². The van der Waals surface area contributed by atoms with E-state index in [0.717, 1.165) is 0 Å². The zero-order chi connectivity index (χ0) is 16.7. The molecule has 1 atom stereocenters. The van der Waals surface area contributed by atoms with E-state index in [-0.39, 0.29) is 6.42 Å². The predicted molar refractivity (Wildman–Crippen MR) is 79.5 cm³/mol. The van der Waals surface area contributed by atoms with Crippen LogP contribution in [0.15, 0.2) is 12.7 Å². The standard InChI is InChI=1S/C13H24NO6P/c1-7-8-10(14-12(16)20-13(2,3)4)11(15)9-21(17,18-5)19-6/h7,10H,1,8-9H2,2-6H3,(H,14,16). The molecule has 0 aliphatic rings. The monoisotopic (exact) mass is 321 g/mol. The molecular formula is C13H24NO6P. The Kier molecular flexibility index (Phi) is 7.85. The third-order valence-corrected chi connectivity index (χ3v) is 4.20. The van der Waals surface area contributed by atoms with Gasteiger partial charge in [0.25, 0.3) is 0 Å². The molecule has 0 heterocycles. The van der Waals surface area contributed by atoms with Crippen LogP contribution in [0.2, 0.25) is 0 Å². The average Bonchev–Trinajstić information content (AvgIpc) is 2.35. The number of Topliss-reactive ketones (excluding diaryl/α,β-unsaturated/α-hetero) is 1. The molecule has 0 aromatic rings. The Hall–Kier alpha value is -1.17. The maximum absolute atomic E-state index is 12.1. The minimum Gasteiger partial charge on any atom is -0.444 e. The number of ketones is 1. The van der Waals surface area contributed by atoms with Crippen molar-refractivity contribution >= 4 is 19.5 Å². The average molecular weight is 321 g/mol. The number of hydrogen-bond donors (Lipinski definition) is 1. The number of rotatable bonds is 8. The fraction of sp³-hybridized carbons (Fsp3) is 0.692. The molecule has 0 spiro atoms. The molecular weight excluding hydrogens is 297 g/mol. The molecule has 1 amide bonds. The number of nitrogens with one attached hydrogen (secondary N) is 1. The molecule has 122 valence electrons. The van der Waals surface area contributed by atoms with Gasteiger partial charge in [-0.25, -0.2) is 4.79 Å². The normalized spacial score (nSPS) is 13.4. The lowest BCUT2D eigenvalue weighted by Gasteiger charge is -2.23. The third-order valence-electron chi connectivity index (χ3n) is 2.39. The summed E-state index contributed by atoms with van der Waals surface area (Å²) in [5.74, 6) is -0.479. The van der Waals surface area contributed by atoms with Crippen LogP contribution in [0.25, 0.3) is 0 Å². The van der Waals surface area contributed by atoms with Gasteiger partial charge in [-0.2, -0.15) is 0 Å². The molecule has 0 saturated carbocycles. The number of ether oxygens (including phenoxy) is 1. The first-order valence-corrected chi connectivity index (χ1v) is 8.13. The van der Waals surface area contributed by atoms with Crippen molar-refractivity contribution in [3.05, 3.63) is 12.7 Å².